The number of nitrogens with one attached hydrogen (secondary N) is 2. The van der Waals surface area contributed by atoms with Crippen LogP contribution in [0.1, 0.15) is 24.5 Å². The summed E-state index contributed by atoms with van der Waals surface area (Å²) in [5.41, 5.74) is 0.0935. The third-order valence-electron chi connectivity index (χ3n) is 6.17. The van der Waals surface area contributed by atoms with Crippen molar-refractivity contribution in [1.29, 1.82) is 0 Å². The van der Waals surface area contributed by atoms with Crippen LogP contribution in [-0.2, 0) is 10.2 Å². The summed E-state index contributed by atoms with van der Waals surface area (Å²) in [6.45, 7) is 0.792. The van der Waals surface area contributed by atoms with Gasteiger partial charge in [-0.3, -0.25) is 4.79 Å². The number of carbonyl (C=O) groups is 1. The molecule has 8 nitrogen and oxygen atoms in total. The highest BCUT2D eigenvalue weighted by molar-refractivity contribution is 6.30. The molecule has 192 valence electrons. The zero-order valence-electron chi connectivity index (χ0n) is 18.9. The third-order valence-corrected chi connectivity index (χ3v) is 6.42. The Morgan fingerprint density at radius 2 is 1.84 bits per heavy atom. The molecule has 1 aliphatic heterocycles. The normalized spacial score (nSPS) is 17.6. The Morgan fingerprint density at radius 1 is 1.11 bits per heavy atom. The molecule has 0 bridgehead atoms. The smallest absolute Gasteiger partial charge is 0.369 e. The Morgan fingerprint density at radius 3 is 2.54 bits per heavy atom. The average molecular weight is 538 g/mol. The Bertz CT molecular complexity index is 1510. The van der Waals surface area contributed by atoms with Gasteiger partial charge in [0.1, 0.15) is 22.7 Å². The first-order valence-corrected chi connectivity index (χ1v) is 11.3. The van der Waals surface area contributed by atoms with E-state index in [9.17, 15) is 26.7 Å². The summed E-state index contributed by atoms with van der Waals surface area (Å²) in [7, 11) is 0. The van der Waals surface area contributed by atoms with Crippen LogP contribution in [0.25, 0.3) is 17.2 Å². The molecule has 0 aliphatic carbocycles. The molecular weight excluding hydrogens is 521 g/mol. The third kappa shape index (κ3) is 4.22. The van der Waals surface area contributed by atoms with Crippen molar-refractivity contribution in [2.75, 3.05) is 17.2 Å². The Labute approximate surface area is 210 Å². The molecule has 5 rings (SSSR count). The molecule has 1 unspecified atom stereocenters. The quantitative estimate of drug-likeness (QED) is 0.332. The van der Waals surface area contributed by atoms with Crippen molar-refractivity contribution in [3.05, 3.63) is 65.2 Å². The van der Waals surface area contributed by atoms with Crippen molar-refractivity contribution in [2.45, 2.75) is 30.9 Å². The summed E-state index contributed by atoms with van der Waals surface area (Å²) < 4.78 is 67.0. The standard InChI is InChI=1S/C23H17ClF5N7O/c1-21(12-2-4-13(24)5-3-12)16-18(31-7-6-22(25,26)23(27,28)29)33-17(34-19(16)35-20(21)37)14-11-36-9-8-30-15(36)10-32-14/h2-5,8-11H,6-7H2,1H3,(H2,31,33,34,35,37). The number of imidazole rings is 1. The van der Waals surface area contributed by atoms with Gasteiger partial charge in [-0.05, 0) is 24.6 Å². The highest BCUT2D eigenvalue weighted by Gasteiger charge is 2.56. The average Bonchev–Trinajstić information content (AvgIpc) is 3.40. The molecule has 4 heterocycles. The molecule has 3 aromatic heterocycles. The van der Waals surface area contributed by atoms with Gasteiger partial charge < -0.3 is 15.0 Å². The van der Waals surface area contributed by atoms with Crippen molar-refractivity contribution >= 4 is 34.8 Å². The monoisotopic (exact) mass is 537 g/mol. The molecule has 0 spiro atoms. The van der Waals surface area contributed by atoms with Crippen LogP contribution in [0.4, 0.5) is 33.6 Å². The van der Waals surface area contributed by atoms with E-state index in [0.717, 1.165) is 0 Å². The highest BCUT2D eigenvalue weighted by Crippen LogP contribution is 2.46. The molecule has 4 aromatic rings. The first-order chi connectivity index (χ1) is 17.4. The van der Waals surface area contributed by atoms with Crippen LogP contribution < -0.4 is 10.6 Å². The molecule has 0 radical (unpaired) electrons. The lowest BCUT2D eigenvalue weighted by molar-refractivity contribution is -0.283. The van der Waals surface area contributed by atoms with E-state index in [-0.39, 0.29) is 28.7 Å². The first kappa shape index (κ1) is 24.8. The number of fused-ring (bicyclic) bond motifs is 2. The SMILES string of the molecule is CC1(c2ccc(Cl)cc2)C(=O)Nc2nc(-c3cn4ccnc4cn3)nc(NCCC(F)(F)C(F)(F)F)c21. The van der Waals surface area contributed by atoms with Gasteiger partial charge in [-0.1, -0.05) is 23.7 Å². The molecule has 1 amide bonds. The Hall–Kier alpha value is -3.87. The van der Waals surface area contributed by atoms with E-state index < -0.39 is 36.4 Å². The van der Waals surface area contributed by atoms with Crippen molar-refractivity contribution < 1.29 is 26.7 Å². The van der Waals surface area contributed by atoms with Gasteiger partial charge >= 0.3 is 12.1 Å². The number of hydrogen-bond donors (Lipinski definition) is 2. The minimum absolute atomic E-state index is 0.0140. The number of aromatic nitrogens is 5. The van der Waals surface area contributed by atoms with E-state index >= 15 is 0 Å². The fourth-order valence-electron chi connectivity index (χ4n) is 4.09. The van der Waals surface area contributed by atoms with Gasteiger partial charge in [0.2, 0.25) is 5.91 Å². The van der Waals surface area contributed by atoms with Gasteiger partial charge in [-0.2, -0.15) is 22.0 Å². The van der Waals surface area contributed by atoms with E-state index in [4.69, 9.17) is 11.6 Å². The van der Waals surface area contributed by atoms with Crippen molar-refractivity contribution in [1.82, 2.24) is 24.3 Å². The van der Waals surface area contributed by atoms with Crippen LogP contribution in [0.3, 0.4) is 0 Å². The van der Waals surface area contributed by atoms with E-state index in [1.807, 2.05) is 0 Å². The zero-order chi connectivity index (χ0) is 26.6. The number of alkyl halides is 5. The van der Waals surface area contributed by atoms with E-state index in [1.54, 1.807) is 54.2 Å². The Balaban J connectivity index is 1.61. The maximum atomic E-state index is 13.6. The lowest BCUT2D eigenvalue weighted by Crippen LogP contribution is -2.38. The van der Waals surface area contributed by atoms with Crippen LogP contribution in [0.2, 0.25) is 5.02 Å². The van der Waals surface area contributed by atoms with Crippen LogP contribution in [0.5, 0.6) is 0 Å². The summed E-state index contributed by atoms with van der Waals surface area (Å²) in [5, 5.41) is 5.68. The number of hydrogen-bond acceptors (Lipinski definition) is 6. The minimum atomic E-state index is -5.70. The largest absolute Gasteiger partial charge is 0.453 e. The van der Waals surface area contributed by atoms with E-state index in [1.165, 1.54) is 6.20 Å². The van der Waals surface area contributed by atoms with Crippen LogP contribution in [0, 0.1) is 0 Å². The fourth-order valence-corrected chi connectivity index (χ4v) is 4.22. The molecule has 2 N–H and O–H groups in total. The van der Waals surface area contributed by atoms with E-state index in [2.05, 4.69) is 30.6 Å². The lowest BCUT2D eigenvalue weighted by Gasteiger charge is -2.25. The van der Waals surface area contributed by atoms with Crippen LogP contribution in [-0.4, -0.2) is 48.9 Å². The van der Waals surface area contributed by atoms with Gasteiger partial charge in [0.25, 0.3) is 0 Å². The minimum Gasteiger partial charge on any atom is -0.369 e. The van der Waals surface area contributed by atoms with Gasteiger partial charge in [0.15, 0.2) is 11.5 Å². The highest BCUT2D eigenvalue weighted by atomic mass is 35.5. The second-order valence-corrected chi connectivity index (χ2v) is 8.99. The fraction of sp³-hybridized carbons (Fsp3) is 0.261. The molecule has 37 heavy (non-hydrogen) atoms. The molecule has 1 aromatic carbocycles. The topological polar surface area (TPSA) is 97.1 Å². The molecule has 14 heteroatoms. The summed E-state index contributed by atoms with van der Waals surface area (Å²) in [6, 6.07) is 6.37. The number of rotatable bonds is 6. The number of anilines is 2. The number of benzene rings is 1. The zero-order valence-corrected chi connectivity index (χ0v) is 19.7. The van der Waals surface area contributed by atoms with Crippen LogP contribution >= 0.6 is 11.6 Å². The molecular formula is C23H17ClF5N7O. The second-order valence-electron chi connectivity index (χ2n) is 8.55. The van der Waals surface area contributed by atoms with Crippen molar-refractivity contribution in [3.63, 3.8) is 0 Å². The van der Waals surface area contributed by atoms with Gasteiger partial charge in [0.05, 0.1) is 11.8 Å². The first-order valence-electron chi connectivity index (χ1n) is 10.9. The number of carbonyl (C=O) groups excluding carboxylic acids is 1. The maximum absolute atomic E-state index is 13.6. The van der Waals surface area contributed by atoms with Gasteiger partial charge in [0, 0.05) is 36.6 Å². The maximum Gasteiger partial charge on any atom is 0.453 e. The predicted molar refractivity (Wildman–Crippen MR) is 125 cm³/mol. The van der Waals surface area contributed by atoms with Crippen LogP contribution in [0.15, 0.2) is 49.1 Å². The van der Waals surface area contributed by atoms with Crippen molar-refractivity contribution in [3.8, 4) is 11.5 Å². The van der Waals surface area contributed by atoms with Gasteiger partial charge in [-0.15, -0.1) is 0 Å². The second kappa shape index (κ2) is 8.61. The van der Waals surface area contributed by atoms with Gasteiger partial charge in [-0.25, -0.2) is 19.9 Å². The van der Waals surface area contributed by atoms with E-state index in [0.29, 0.717) is 16.2 Å². The Kier molecular flexibility index (Phi) is 5.77. The van der Waals surface area contributed by atoms with Crippen molar-refractivity contribution in [2.24, 2.45) is 0 Å². The summed E-state index contributed by atoms with van der Waals surface area (Å²) >= 11 is 5.99. The lowest BCUT2D eigenvalue weighted by atomic mass is 9.77. The molecule has 0 saturated heterocycles. The summed E-state index contributed by atoms with van der Waals surface area (Å²) in [6.07, 6.45) is -1.00. The number of halogens is 6. The summed E-state index contributed by atoms with van der Waals surface area (Å²) in [4.78, 5) is 30.4. The number of amides is 1. The molecule has 1 atom stereocenters. The number of nitrogens with zero attached hydrogens (tertiary/aromatic N) is 5. The molecule has 0 saturated carbocycles. The predicted octanol–water partition coefficient (Wildman–Crippen LogP) is 5.10. The molecule has 0 fully saturated rings. The summed E-state index contributed by atoms with van der Waals surface area (Å²) in [5.74, 6) is -5.40. The molecule has 1 aliphatic rings.